The van der Waals surface area contributed by atoms with Crippen LogP contribution >= 0.6 is 11.6 Å². The SMILES string of the molecule is Cc1c(C(=O)OC2CCCCC2)nnn1-c1cccc(Cl)c1. The molecule has 0 spiro atoms. The van der Waals surface area contributed by atoms with Crippen LogP contribution in [0, 0.1) is 6.92 Å². The Labute approximate surface area is 134 Å². The summed E-state index contributed by atoms with van der Waals surface area (Å²) in [5, 5.41) is 8.64. The van der Waals surface area contributed by atoms with Gasteiger partial charge in [0.15, 0.2) is 5.69 Å². The lowest BCUT2D eigenvalue weighted by Crippen LogP contribution is -2.21. The van der Waals surface area contributed by atoms with Crippen LogP contribution in [0.1, 0.15) is 48.3 Å². The topological polar surface area (TPSA) is 57.0 Å². The molecule has 1 aromatic carbocycles. The molecule has 5 nitrogen and oxygen atoms in total. The number of aromatic nitrogens is 3. The van der Waals surface area contributed by atoms with Crippen LogP contribution in [0.3, 0.4) is 0 Å². The third-order valence-corrected chi connectivity index (χ3v) is 4.20. The van der Waals surface area contributed by atoms with Crippen molar-refractivity contribution in [1.82, 2.24) is 15.0 Å². The monoisotopic (exact) mass is 319 g/mol. The van der Waals surface area contributed by atoms with Crippen molar-refractivity contribution < 1.29 is 9.53 Å². The van der Waals surface area contributed by atoms with Crippen LogP contribution in [0.15, 0.2) is 24.3 Å². The second-order valence-corrected chi connectivity index (χ2v) is 6.02. The van der Waals surface area contributed by atoms with E-state index in [4.69, 9.17) is 16.3 Å². The van der Waals surface area contributed by atoms with E-state index in [1.54, 1.807) is 23.7 Å². The maximum atomic E-state index is 12.3. The molecule has 1 fully saturated rings. The molecule has 0 unspecified atom stereocenters. The zero-order valence-corrected chi connectivity index (χ0v) is 13.2. The number of benzene rings is 1. The van der Waals surface area contributed by atoms with Gasteiger partial charge in [-0.15, -0.1) is 5.10 Å². The Hall–Kier alpha value is -1.88. The zero-order chi connectivity index (χ0) is 15.5. The Kier molecular flexibility index (Phi) is 4.43. The van der Waals surface area contributed by atoms with Crippen LogP contribution in [0.4, 0.5) is 0 Å². The van der Waals surface area contributed by atoms with Crippen LogP contribution in [0.25, 0.3) is 5.69 Å². The Balaban J connectivity index is 1.79. The van der Waals surface area contributed by atoms with E-state index in [1.807, 2.05) is 12.1 Å². The van der Waals surface area contributed by atoms with Gasteiger partial charge in [-0.2, -0.15) is 0 Å². The maximum Gasteiger partial charge on any atom is 0.361 e. The van der Waals surface area contributed by atoms with E-state index < -0.39 is 5.97 Å². The summed E-state index contributed by atoms with van der Waals surface area (Å²) in [5.41, 5.74) is 1.70. The first-order valence-corrected chi connectivity index (χ1v) is 7.92. The molecule has 0 bridgehead atoms. The van der Waals surface area contributed by atoms with Crippen molar-refractivity contribution in [2.24, 2.45) is 0 Å². The van der Waals surface area contributed by atoms with Crippen LogP contribution in [0.2, 0.25) is 5.02 Å². The number of halogens is 1. The first-order chi connectivity index (χ1) is 10.6. The van der Waals surface area contributed by atoms with E-state index in [-0.39, 0.29) is 11.8 Å². The first-order valence-electron chi connectivity index (χ1n) is 7.54. The van der Waals surface area contributed by atoms with Crippen molar-refractivity contribution in [2.75, 3.05) is 0 Å². The van der Waals surface area contributed by atoms with Gasteiger partial charge in [0.25, 0.3) is 0 Å². The molecule has 0 saturated heterocycles. The van der Waals surface area contributed by atoms with Gasteiger partial charge in [0, 0.05) is 5.02 Å². The number of hydrogen-bond donors (Lipinski definition) is 0. The van der Waals surface area contributed by atoms with Crippen LogP contribution in [-0.2, 0) is 4.74 Å². The fourth-order valence-corrected chi connectivity index (χ4v) is 2.95. The van der Waals surface area contributed by atoms with Crippen molar-refractivity contribution in [3.8, 4) is 5.69 Å². The van der Waals surface area contributed by atoms with Gasteiger partial charge in [-0.05, 0) is 50.8 Å². The Morgan fingerprint density at radius 3 is 2.82 bits per heavy atom. The molecule has 1 aliphatic carbocycles. The molecular weight excluding hydrogens is 302 g/mol. The zero-order valence-electron chi connectivity index (χ0n) is 12.5. The van der Waals surface area contributed by atoms with E-state index >= 15 is 0 Å². The van der Waals surface area contributed by atoms with Crippen molar-refractivity contribution in [2.45, 2.75) is 45.1 Å². The molecule has 0 atom stereocenters. The van der Waals surface area contributed by atoms with Gasteiger partial charge in [-0.25, -0.2) is 9.48 Å². The molecule has 3 rings (SSSR count). The molecule has 0 N–H and O–H groups in total. The third-order valence-electron chi connectivity index (χ3n) is 3.97. The van der Waals surface area contributed by atoms with Gasteiger partial charge in [-0.1, -0.05) is 29.3 Å². The van der Waals surface area contributed by atoms with Crippen molar-refractivity contribution in [3.05, 3.63) is 40.7 Å². The summed E-state index contributed by atoms with van der Waals surface area (Å²) in [7, 11) is 0. The lowest BCUT2D eigenvalue weighted by molar-refractivity contribution is 0.0203. The molecule has 6 heteroatoms. The normalized spacial score (nSPS) is 15.7. The van der Waals surface area contributed by atoms with Gasteiger partial charge < -0.3 is 4.74 Å². The lowest BCUT2D eigenvalue weighted by Gasteiger charge is -2.21. The Bertz CT molecular complexity index is 678. The third kappa shape index (κ3) is 3.14. The number of hydrogen-bond acceptors (Lipinski definition) is 4. The number of ether oxygens (including phenoxy) is 1. The highest BCUT2D eigenvalue weighted by Crippen LogP contribution is 2.22. The van der Waals surface area contributed by atoms with Gasteiger partial charge in [0.1, 0.15) is 6.10 Å². The molecular formula is C16H18ClN3O2. The largest absolute Gasteiger partial charge is 0.458 e. The summed E-state index contributed by atoms with van der Waals surface area (Å²) in [4.78, 5) is 12.3. The summed E-state index contributed by atoms with van der Waals surface area (Å²) >= 11 is 5.99. The van der Waals surface area contributed by atoms with Gasteiger partial charge >= 0.3 is 5.97 Å². The molecule has 1 aromatic heterocycles. The minimum absolute atomic E-state index is 0.0111. The number of rotatable bonds is 3. The van der Waals surface area contributed by atoms with Crippen molar-refractivity contribution in [3.63, 3.8) is 0 Å². The van der Waals surface area contributed by atoms with Gasteiger partial charge in [0.2, 0.25) is 0 Å². The molecule has 22 heavy (non-hydrogen) atoms. The average molecular weight is 320 g/mol. The molecule has 1 aliphatic rings. The van der Waals surface area contributed by atoms with Gasteiger partial charge in [0.05, 0.1) is 11.4 Å². The van der Waals surface area contributed by atoms with E-state index in [0.717, 1.165) is 31.4 Å². The molecule has 116 valence electrons. The minimum Gasteiger partial charge on any atom is -0.458 e. The standard InChI is InChI=1S/C16H18ClN3O2/c1-11-15(16(21)22-14-8-3-2-4-9-14)18-19-20(11)13-7-5-6-12(17)10-13/h5-7,10,14H,2-4,8-9H2,1H3. The van der Waals surface area contributed by atoms with Crippen LogP contribution in [-0.4, -0.2) is 27.1 Å². The van der Waals surface area contributed by atoms with Crippen LogP contribution in [0.5, 0.6) is 0 Å². The summed E-state index contributed by atoms with van der Waals surface area (Å²) in [6.07, 6.45) is 5.34. The molecule has 0 radical (unpaired) electrons. The summed E-state index contributed by atoms with van der Waals surface area (Å²) < 4.78 is 7.15. The Morgan fingerprint density at radius 2 is 2.09 bits per heavy atom. The highest BCUT2D eigenvalue weighted by Gasteiger charge is 2.23. The maximum absolute atomic E-state index is 12.3. The number of esters is 1. The lowest BCUT2D eigenvalue weighted by atomic mass is 9.98. The van der Waals surface area contributed by atoms with Crippen molar-refractivity contribution >= 4 is 17.6 Å². The Morgan fingerprint density at radius 1 is 1.32 bits per heavy atom. The van der Waals surface area contributed by atoms with E-state index in [2.05, 4.69) is 10.3 Å². The minimum atomic E-state index is -0.391. The molecule has 0 aliphatic heterocycles. The van der Waals surface area contributed by atoms with E-state index in [9.17, 15) is 4.79 Å². The average Bonchev–Trinajstić information content (AvgIpc) is 2.90. The van der Waals surface area contributed by atoms with E-state index in [1.165, 1.54) is 6.42 Å². The predicted molar refractivity (Wildman–Crippen MR) is 83.4 cm³/mol. The van der Waals surface area contributed by atoms with E-state index in [0.29, 0.717) is 10.7 Å². The van der Waals surface area contributed by atoms with Gasteiger partial charge in [-0.3, -0.25) is 0 Å². The van der Waals surface area contributed by atoms with Crippen LogP contribution < -0.4 is 0 Å². The molecule has 2 aromatic rings. The smallest absolute Gasteiger partial charge is 0.361 e. The summed E-state index contributed by atoms with van der Waals surface area (Å²) in [6.45, 7) is 1.80. The summed E-state index contributed by atoms with van der Waals surface area (Å²) in [6, 6.07) is 7.26. The molecule has 0 amide bonds. The summed E-state index contributed by atoms with van der Waals surface area (Å²) in [5.74, 6) is -0.391. The molecule has 1 heterocycles. The van der Waals surface area contributed by atoms with Crippen molar-refractivity contribution in [1.29, 1.82) is 0 Å². The second kappa shape index (κ2) is 6.48. The number of nitrogens with zero attached hydrogens (tertiary/aromatic N) is 3. The number of carbonyl (C=O) groups is 1. The number of carbonyl (C=O) groups excluding carboxylic acids is 1. The highest BCUT2D eigenvalue weighted by atomic mass is 35.5. The highest BCUT2D eigenvalue weighted by molar-refractivity contribution is 6.30. The fraction of sp³-hybridized carbons (Fsp3) is 0.438. The predicted octanol–water partition coefficient (Wildman–Crippen LogP) is 3.72. The first kappa shape index (κ1) is 15.0. The second-order valence-electron chi connectivity index (χ2n) is 5.58. The fourth-order valence-electron chi connectivity index (χ4n) is 2.76. The quantitative estimate of drug-likeness (QED) is 0.809. The molecule has 1 saturated carbocycles.